The highest BCUT2D eigenvalue weighted by molar-refractivity contribution is 6.76. The maximum atomic E-state index is 12.4. The van der Waals surface area contributed by atoms with Crippen LogP contribution in [0.15, 0.2) is 0 Å². The second kappa shape index (κ2) is 10.9. The summed E-state index contributed by atoms with van der Waals surface area (Å²) in [6.45, 7) is 6.40. The summed E-state index contributed by atoms with van der Waals surface area (Å²) in [6.07, 6.45) is 10.0. The standard InChI is InChI=1S/C16H31BNO2/c1-4-6-8-10-12-16(3,11-9-7-5-2)15(20)17-13-14(18)19/h4-13H2,1-3H3,(H2,18,19). The first kappa shape index (κ1) is 19.2. The van der Waals surface area contributed by atoms with Crippen molar-refractivity contribution in [3.63, 3.8) is 0 Å². The van der Waals surface area contributed by atoms with E-state index in [1.54, 1.807) is 0 Å². The van der Waals surface area contributed by atoms with Crippen LogP contribution < -0.4 is 5.73 Å². The normalized spacial score (nSPS) is 13.8. The zero-order valence-electron chi connectivity index (χ0n) is 13.5. The van der Waals surface area contributed by atoms with E-state index in [9.17, 15) is 9.59 Å². The monoisotopic (exact) mass is 280 g/mol. The maximum Gasteiger partial charge on any atom is 0.213 e. The Morgan fingerprint density at radius 3 is 1.95 bits per heavy atom. The van der Waals surface area contributed by atoms with E-state index < -0.39 is 5.91 Å². The third-order valence-corrected chi connectivity index (χ3v) is 4.00. The van der Waals surface area contributed by atoms with Crippen LogP contribution in [-0.4, -0.2) is 18.9 Å². The van der Waals surface area contributed by atoms with Crippen LogP contribution in [0.25, 0.3) is 0 Å². The van der Waals surface area contributed by atoms with Crippen LogP contribution in [0.1, 0.15) is 78.6 Å². The average molecular weight is 280 g/mol. The summed E-state index contributed by atoms with van der Waals surface area (Å²) >= 11 is 0. The maximum absolute atomic E-state index is 12.4. The van der Waals surface area contributed by atoms with Gasteiger partial charge in [-0.1, -0.05) is 65.7 Å². The highest BCUT2D eigenvalue weighted by Gasteiger charge is 2.31. The molecule has 0 rings (SSSR count). The van der Waals surface area contributed by atoms with Crippen LogP contribution in [-0.2, 0) is 9.59 Å². The average Bonchev–Trinajstić information content (AvgIpc) is 2.41. The number of carbonyl (C=O) groups is 2. The SMILES string of the molecule is CCCCCCC(C)(CCCCC)C(=O)[B]CC(N)=O. The van der Waals surface area contributed by atoms with Gasteiger partial charge < -0.3 is 10.5 Å². The molecule has 1 atom stereocenters. The fourth-order valence-electron chi connectivity index (χ4n) is 2.52. The van der Waals surface area contributed by atoms with E-state index in [-0.39, 0.29) is 17.4 Å². The van der Waals surface area contributed by atoms with Crippen LogP contribution in [0, 0.1) is 5.41 Å². The van der Waals surface area contributed by atoms with Crippen molar-refractivity contribution in [3.8, 4) is 0 Å². The first-order valence-electron chi connectivity index (χ1n) is 8.12. The lowest BCUT2D eigenvalue weighted by Gasteiger charge is -2.28. The molecule has 0 spiro atoms. The zero-order chi connectivity index (χ0) is 15.4. The molecule has 0 saturated carbocycles. The van der Waals surface area contributed by atoms with Crippen molar-refractivity contribution < 1.29 is 9.59 Å². The molecular formula is C16H31BNO2. The van der Waals surface area contributed by atoms with Crippen molar-refractivity contribution in [1.29, 1.82) is 0 Å². The molecule has 0 aliphatic carbocycles. The lowest BCUT2D eigenvalue weighted by Crippen LogP contribution is -2.34. The smallest absolute Gasteiger partial charge is 0.213 e. The number of hydrogen-bond acceptors (Lipinski definition) is 2. The minimum atomic E-state index is -0.430. The number of hydrogen-bond donors (Lipinski definition) is 1. The van der Waals surface area contributed by atoms with Gasteiger partial charge in [-0.25, -0.2) is 0 Å². The van der Waals surface area contributed by atoms with E-state index in [0.29, 0.717) is 0 Å². The molecule has 2 N–H and O–H groups in total. The van der Waals surface area contributed by atoms with Crippen LogP contribution in [0.5, 0.6) is 0 Å². The molecule has 4 heteroatoms. The molecule has 0 saturated heterocycles. The lowest BCUT2D eigenvalue weighted by molar-refractivity contribution is -0.122. The second-order valence-electron chi connectivity index (χ2n) is 6.07. The molecular weight excluding hydrogens is 249 g/mol. The predicted molar refractivity (Wildman–Crippen MR) is 85.8 cm³/mol. The van der Waals surface area contributed by atoms with E-state index in [4.69, 9.17) is 5.73 Å². The van der Waals surface area contributed by atoms with Crippen LogP contribution in [0.2, 0.25) is 6.32 Å². The Kier molecular flexibility index (Phi) is 10.5. The van der Waals surface area contributed by atoms with Gasteiger partial charge in [0.15, 0.2) is 0 Å². The van der Waals surface area contributed by atoms with E-state index in [0.717, 1.165) is 38.5 Å². The number of primary amides is 1. The van der Waals surface area contributed by atoms with Gasteiger partial charge in [0.2, 0.25) is 13.2 Å². The molecule has 0 aliphatic rings. The number of nitrogens with two attached hydrogens (primary N) is 1. The highest BCUT2D eigenvalue weighted by atomic mass is 16.1. The summed E-state index contributed by atoms with van der Waals surface area (Å²) in [5.74, 6) is -0.430. The minimum Gasteiger partial charge on any atom is -0.370 e. The molecule has 0 bridgehead atoms. The first-order chi connectivity index (χ1) is 9.46. The Morgan fingerprint density at radius 2 is 1.45 bits per heavy atom. The molecule has 115 valence electrons. The summed E-state index contributed by atoms with van der Waals surface area (Å²) in [4.78, 5) is 23.2. The van der Waals surface area contributed by atoms with E-state index >= 15 is 0 Å². The molecule has 0 heterocycles. The molecule has 0 aromatic carbocycles. The van der Waals surface area contributed by atoms with E-state index in [2.05, 4.69) is 20.8 Å². The fourth-order valence-corrected chi connectivity index (χ4v) is 2.52. The van der Waals surface area contributed by atoms with Crippen LogP contribution in [0.4, 0.5) is 0 Å². The highest BCUT2D eigenvalue weighted by Crippen LogP contribution is 2.32. The van der Waals surface area contributed by atoms with Gasteiger partial charge >= 0.3 is 0 Å². The Morgan fingerprint density at radius 1 is 0.950 bits per heavy atom. The summed E-state index contributed by atoms with van der Waals surface area (Å²) < 4.78 is 0. The van der Waals surface area contributed by atoms with Crippen molar-refractivity contribution in [2.45, 2.75) is 84.9 Å². The molecule has 0 aromatic rings. The van der Waals surface area contributed by atoms with Crippen molar-refractivity contribution >= 4 is 18.9 Å². The summed E-state index contributed by atoms with van der Waals surface area (Å²) in [6, 6.07) is 0. The second-order valence-corrected chi connectivity index (χ2v) is 6.07. The summed E-state index contributed by atoms with van der Waals surface area (Å²) in [7, 11) is 1.49. The summed E-state index contributed by atoms with van der Waals surface area (Å²) in [5.41, 5.74) is 4.92. The van der Waals surface area contributed by atoms with E-state index in [1.807, 2.05) is 0 Å². The van der Waals surface area contributed by atoms with Crippen molar-refractivity contribution in [2.75, 3.05) is 0 Å². The predicted octanol–water partition coefficient (Wildman–Crippen LogP) is 3.68. The Bertz CT molecular complexity index is 294. The number of unbranched alkanes of at least 4 members (excludes halogenated alkanes) is 5. The van der Waals surface area contributed by atoms with E-state index in [1.165, 1.54) is 26.5 Å². The number of rotatable bonds is 13. The topological polar surface area (TPSA) is 60.2 Å². The molecule has 0 aliphatic heterocycles. The minimum absolute atomic E-state index is 0.0666. The Balaban J connectivity index is 4.41. The first-order valence-corrected chi connectivity index (χ1v) is 8.12. The molecule has 0 aromatic heterocycles. The van der Waals surface area contributed by atoms with Gasteiger partial charge in [0.25, 0.3) is 0 Å². The molecule has 0 fully saturated rings. The number of amides is 1. The van der Waals surface area contributed by atoms with Gasteiger partial charge in [-0.3, -0.25) is 4.79 Å². The molecule has 1 radical (unpaired) electrons. The fraction of sp³-hybridized carbons (Fsp3) is 0.875. The quantitative estimate of drug-likeness (QED) is 0.413. The van der Waals surface area contributed by atoms with Crippen molar-refractivity contribution in [2.24, 2.45) is 11.1 Å². The molecule has 1 amide bonds. The van der Waals surface area contributed by atoms with Gasteiger partial charge in [-0.2, -0.15) is 0 Å². The lowest BCUT2D eigenvalue weighted by atomic mass is 9.57. The third kappa shape index (κ3) is 8.39. The Labute approximate surface area is 125 Å². The van der Waals surface area contributed by atoms with Crippen molar-refractivity contribution in [3.05, 3.63) is 0 Å². The molecule has 20 heavy (non-hydrogen) atoms. The summed E-state index contributed by atoms with van der Waals surface area (Å²) in [5, 5.41) is 0. The van der Waals surface area contributed by atoms with Gasteiger partial charge in [0, 0.05) is 11.7 Å². The number of carbonyl (C=O) groups excluding carboxylic acids is 2. The van der Waals surface area contributed by atoms with Crippen LogP contribution in [0.3, 0.4) is 0 Å². The molecule has 1 unspecified atom stereocenters. The van der Waals surface area contributed by atoms with Gasteiger partial charge in [0.05, 0.1) is 5.68 Å². The van der Waals surface area contributed by atoms with Crippen LogP contribution >= 0.6 is 0 Å². The molecule has 3 nitrogen and oxygen atoms in total. The zero-order valence-corrected chi connectivity index (χ0v) is 13.5. The third-order valence-electron chi connectivity index (χ3n) is 4.00. The Hall–Kier alpha value is -0.795. The van der Waals surface area contributed by atoms with Crippen molar-refractivity contribution in [1.82, 2.24) is 0 Å². The largest absolute Gasteiger partial charge is 0.370 e. The van der Waals surface area contributed by atoms with Gasteiger partial charge in [-0.05, 0) is 12.8 Å². The van der Waals surface area contributed by atoms with Gasteiger partial charge in [-0.15, -0.1) is 0 Å². The van der Waals surface area contributed by atoms with Gasteiger partial charge in [0.1, 0.15) is 0 Å².